The molecule has 2 heterocycles. The van der Waals surface area contributed by atoms with Crippen LogP contribution in [0.1, 0.15) is 17.2 Å². The number of ether oxygens (including phenoxy) is 1. The van der Waals surface area contributed by atoms with E-state index < -0.39 is 43.2 Å². The third kappa shape index (κ3) is 4.28. The molecule has 8 nitrogen and oxygen atoms in total. The second kappa shape index (κ2) is 8.74. The van der Waals surface area contributed by atoms with E-state index in [0.717, 1.165) is 22.5 Å². The Balaban J connectivity index is 1.87. The van der Waals surface area contributed by atoms with E-state index in [4.69, 9.17) is 4.74 Å². The molecule has 6 atom stereocenters. The van der Waals surface area contributed by atoms with Gasteiger partial charge in [0.05, 0.1) is 6.61 Å². The van der Waals surface area contributed by atoms with Gasteiger partial charge in [0.1, 0.15) is 42.4 Å². The standard InChI is InChI=1S/C21H28N2O6/c1-11-8-12(13-6-7-22-16(9-13)23(2)3)4-5-14(11)17(25)21-20(28)19(27)18(26)15(10-24)29-21/h4-9,15,17-21,24-28H,10H2,1-3H3/t15-,17-,18-,19+,20+,21-/m1/s1. The number of aromatic nitrogens is 1. The summed E-state index contributed by atoms with van der Waals surface area (Å²) in [5, 5.41) is 50.3. The average Bonchev–Trinajstić information content (AvgIpc) is 2.72. The molecule has 1 aliphatic rings. The summed E-state index contributed by atoms with van der Waals surface area (Å²) in [5.41, 5.74) is 3.22. The number of pyridine rings is 1. The molecule has 0 unspecified atom stereocenters. The monoisotopic (exact) mass is 404 g/mol. The van der Waals surface area contributed by atoms with Crippen molar-refractivity contribution in [2.24, 2.45) is 0 Å². The van der Waals surface area contributed by atoms with E-state index in [9.17, 15) is 25.5 Å². The number of anilines is 1. The van der Waals surface area contributed by atoms with Gasteiger partial charge in [0.25, 0.3) is 0 Å². The summed E-state index contributed by atoms with van der Waals surface area (Å²) in [6.45, 7) is 1.29. The van der Waals surface area contributed by atoms with Crippen LogP contribution in [-0.4, -0.2) is 81.7 Å². The molecular weight excluding hydrogens is 376 g/mol. The van der Waals surface area contributed by atoms with E-state index in [1.54, 1.807) is 12.3 Å². The number of nitrogens with zero attached hydrogens (tertiary/aromatic N) is 2. The number of aryl methyl sites for hydroxylation is 1. The number of aliphatic hydroxyl groups is 5. The molecule has 8 heteroatoms. The summed E-state index contributed by atoms with van der Waals surface area (Å²) >= 11 is 0. The van der Waals surface area contributed by atoms with Gasteiger partial charge in [0.2, 0.25) is 0 Å². The van der Waals surface area contributed by atoms with Crippen molar-refractivity contribution in [3.8, 4) is 11.1 Å². The molecule has 1 aromatic heterocycles. The molecule has 1 aliphatic heterocycles. The Morgan fingerprint density at radius 3 is 2.34 bits per heavy atom. The first-order chi connectivity index (χ1) is 13.7. The first-order valence-corrected chi connectivity index (χ1v) is 9.47. The van der Waals surface area contributed by atoms with Crippen molar-refractivity contribution in [3.63, 3.8) is 0 Å². The Labute approximate surface area is 169 Å². The fraction of sp³-hybridized carbons (Fsp3) is 0.476. The quantitative estimate of drug-likeness (QED) is 0.471. The second-order valence-corrected chi connectivity index (χ2v) is 7.61. The van der Waals surface area contributed by atoms with Gasteiger partial charge >= 0.3 is 0 Å². The van der Waals surface area contributed by atoms with Crippen LogP contribution in [0.3, 0.4) is 0 Å². The van der Waals surface area contributed by atoms with Crippen LogP contribution in [0.15, 0.2) is 36.5 Å². The van der Waals surface area contributed by atoms with Crippen LogP contribution in [0.25, 0.3) is 11.1 Å². The van der Waals surface area contributed by atoms with Gasteiger partial charge in [-0.3, -0.25) is 0 Å². The molecule has 29 heavy (non-hydrogen) atoms. The molecule has 0 spiro atoms. The van der Waals surface area contributed by atoms with Crippen LogP contribution in [0.2, 0.25) is 0 Å². The van der Waals surface area contributed by atoms with E-state index in [1.165, 1.54) is 0 Å². The molecule has 0 aliphatic carbocycles. The van der Waals surface area contributed by atoms with Gasteiger partial charge in [-0.05, 0) is 41.3 Å². The number of hydrogen-bond acceptors (Lipinski definition) is 8. The molecule has 0 saturated carbocycles. The second-order valence-electron chi connectivity index (χ2n) is 7.61. The van der Waals surface area contributed by atoms with Crippen LogP contribution >= 0.6 is 0 Å². The maximum Gasteiger partial charge on any atom is 0.128 e. The minimum Gasteiger partial charge on any atom is -0.394 e. The average molecular weight is 404 g/mol. The summed E-state index contributed by atoms with van der Waals surface area (Å²) in [6, 6.07) is 9.37. The number of hydrogen-bond donors (Lipinski definition) is 5. The lowest BCUT2D eigenvalue weighted by atomic mass is 9.88. The Morgan fingerprint density at radius 2 is 1.72 bits per heavy atom. The Morgan fingerprint density at radius 1 is 1.03 bits per heavy atom. The molecule has 1 saturated heterocycles. The van der Waals surface area contributed by atoms with Crippen molar-refractivity contribution >= 4 is 5.82 Å². The van der Waals surface area contributed by atoms with Crippen molar-refractivity contribution in [1.29, 1.82) is 0 Å². The smallest absolute Gasteiger partial charge is 0.128 e. The zero-order valence-electron chi connectivity index (χ0n) is 16.7. The van der Waals surface area contributed by atoms with E-state index in [0.29, 0.717) is 5.56 Å². The third-order valence-electron chi connectivity index (χ3n) is 5.37. The molecule has 1 fully saturated rings. The van der Waals surface area contributed by atoms with Crippen LogP contribution < -0.4 is 4.90 Å². The SMILES string of the molecule is Cc1cc(-c2ccnc(N(C)C)c2)ccc1[C@@H](O)[C@H]1O[C@H](CO)[C@@H](O)[C@H](O)[C@@H]1O. The van der Waals surface area contributed by atoms with Gasteiger partial charge in [0.15, 0.2) is 0 Å². The molecule has 158 valence electrons. The molecule has 5 N–H and O–H groups in total. The highest BCUT2D eigenvalue weighted by molar-refractivity contribution is 5.67. The summed E-state index contributed by atoms with van der Waals surface area (Å²) in [7, 11) is 3.83. The number of aliphatic hydroxyl groups excluding tert-OH is 5. The van der Waals surface area contributed by atoms with E-state index in [1.807, 2.05) is 50.2 Å². The molecule has 0 bridgehead atoms. The van der Waals surface area contributed by atoms with E-state index >= 15 is 0 Å². The molecule has 2 aromatic rings. The van der Waals surface area contributed by atoms with Gasteiger partial charge in [0, 0.05) is 20.3 Å². The minimum absolute atomic E-state index is 0.528. The van der Waals surface area contributed by atoms with Crippen LogP contribution in [-0.2, 0) is 4.74 Å². The molecular formula is C21H28N2O6. The van der Waals surface area contributed by atoms with Gasteiger partial charge in [-0.2, -0.15) is 0 Å². The zero-order valence-corrected chi connectivity index (χ0v) is 16.7. The molecule has 0 radical (unpaired) electrons. The first-order valence-electron chi connectivity index (χ1n) is 9.47. The fourth-order valence-electron chi connectivity index (χ4n) is 3.60. The maximum atomic E-state index is 10.8. The number of benzene rings is 1. The summed E-state index contributed by atoms with van der Waals surface area (Å²) in [6.07, 6.45) is -6.24. The summed E-state index contributed by atoms with van der Waals surface area (Å²) in [4.78, 5) is 6.22. The third-order valence-corrected chi connectivity index (χ3v) is 5.37. The van der Waals surface area contributed by atoms with E-state index in [2.05, 4.69) is 4.98 Å². The minimum atomic E-state index is -1.53. The van der Waals surface area contributed by atoms with Crippen molar-refractivity contribution in [3.05, 3.63) is 47.7 Å². The predicted molar refractivity (Wildman–Crippen MR) is 107 cm³/mol. The normalized spacial score (nSPS) is 28.2. The Kier molecular flexibility index (Phi) is 6.52. The van der Waals surface area contributed by atoms with Crippen LogP contribution in [0, 0.1) is 6.92 Å². The van der Waals surface area contributed by atoms with Crippen molar-refractivity contribution in [2.45, 2.75) is 43.5 Å². The Bertz CT molecular complexity index is 844. The highest BCUT2D eigenvalue weighted by Gasteiger charge is 2.46. The molecule has 3 rings (SSSR count). The predicted octanol–water partition coefficient (Wildman–Crippen LogP) is -0.00118. The first kappa shape index (κ1) is 21.6. The largest absolute Gasteiger partial charge is 0.394 e. The van der Waals surface area contributed by atoms with E-state index in [-0.39, 0.29) is 0 Å². The van der Waals surface area contributed by atoms with Crippen molar-refractivity contribution in [1.82, 2.24) is 4.98 Å². The maximum absolute atomic E-state index is 10.8. The highest BCUT2D eigenvalue weighted by Crippen LogP contribution is 2.33. The Hall–Kier alpha value is -2.07. The molecule has 1 aromatic carbocycles. The lowest BCUT2D eigenvalue weighted by Crippen LogP contribution is -2.59. The van der Waals surface area contributed by atoms with Gasteiger partial charge in [-0.15, -0.1) is 0 Å². The summed E-state index contributed by atoms with van der Waals surface area (Å²) < 4.78 is 5.48. The van der Waals surface area contributed by atoms with Gasteiger partial charge in [-0.25, -0.2) is 4.98 Å². The number of rotatable bonds is 5. The van der Waals surface area contributed by atoms with Crippen molar-refractivity contribution in [2.75, 3.05) is 25.6 Å². The van der Waals surface area contributed by atoms with Gasteiger partial charge in [-0.1, -0.05) is 18.2 Å². The lowest BCUT2D eigenvalue weighted by molar-refractivity contribution is -0.250. The van der Waals surface area contributed by atoms with Crippen molar-refractivity contribution < 1.29 is 30.3 Å². The lowest BCUT2D eigenvalue weighted by Gasteiger charge is -2.42. The summed E-state index contributed by atoms with van der Waals surface area (Å²) in [5.74, 6) is 0.825. The topological polar surface area (TPSA) is 127 Å². The molecule has 0 amide bonds. The van der Waals surface area contributed by atoms with Crippen LogP contribution in [0.4, 0.5) is 5.82 Å². The van der Waals surface area contributed by atoms with Crippen LogP contribution in [0.5, 0.6) is 0 Å². The fourth-order valence-corrected chi connectivity index (χ4v) is 3.60. The zero-order chi connectivity index (χ0) is 21.3. The highest BCUT2D eigenvalue weighted by atomic mass is 16.6. The van der Waals surface area contributed by atoms with Gasteiger partial charge < -0.3 is 35.2 Å².